The van der Waals surface area contributed by atoms with Crippen molar-refractivity contribution in [2.45, 2.75) is 13.1 Å². The lowest BCUT2D eigenvalue weighted by Gasteiger charge is -2.12. The van der Waals surface area contributed by atoms with Gasteiger partial charge >= 0.3 is 6.18 Å². The van der Waals surface area contributed by atoms with E-state index in [0.717, 1.165) is 17.7 Å². The number of benzene rings is 2. The fourth-order valence-electron chi connectivity index (χ4n) is 1.87. The van der Waals surface area contributed by atoms with Gasteiger partial charge in [0.2, 0.25) is 0 Å². The van der Waals surface area contributed by atoms with Crippen LogP contribution in [0, 0.1) is 6.92 Å². The number of nitrogen functional groups attached to an aromatic ring is 1. The van der Waals surface area contributed by atoms with Gasteiger partial charge in [0.05, 0.1) is 5.56 Å². The summed E-state index contributed by atoms with van der Waals surface area (Å²) < 4.78 is 38.3. The fourth-order valence-corrected chi connectivity index (χ4v) is 1.87. The van der Waals surface area contributed by atoms with E-state index in [4.69, 9.17) is 5.73 Å². The van der Waals surface area contributed by atoms with Crippen molar-refractivity contribution in [3.05, 3.63) is 59.2 Å². The first-order chi connectivity index (χ1) is 9.77. The van der Waals surface area contributed by atoms with Crippen molar-refractivity contribution >= 4 is 17.3 Å². The highest BCUT2D eigenvalue weighted by atomic mass is 19.4. The predicted octanol–water partition coefficient (Wildman–Crippen LogP) is 3.85. The molecule has 0 aliphatic heterocycles. The molecule has 0 fully saturated rings. The molecule has 6 heteroatoms. The Labute approximate surface area is 119 Å². The van der Waals surface area contributed by atoms with Crippen LogP contribution in [0.5, 0.6) is 0 Å². The Hall–Kier alpha value is -2.50. The fraction of sp³-hybridized carbons (Fsp3) is 0.133. The first kappa shape index (κ1) is 14.9. The van der Waals surface area contributed by atoms with E-state index in [9.17, 15) is 18.0 Å². The van der Waals surface area contributed by atoms with E-state index in [1.54, 1.807) is 18.2 Å². The second-order valence-electron chi connectivity index (χ2n) is 4.62. The van der Waals surface area contributed by atoms with Gasteiger partial charge in [0.1, 0.15) is 0 Å². The first-order valence-electron chi connectivity index (χ1n) is 6.12. The Morgan fingerprint density at radius 1 is 1.14 bits per heavy atom. The maximum Gasteiger partial charge on any atom is 0.418 e. The minimum atomic E-state index is -4.59. The molecule has 0 atom stereocenters. The lowest BCUT2D eigenvalue weighted by molar-refractivity contribution is -0.136. The monoisotopic (exact) mass is 294 g/mol. The average Bonchev–Trinajstić information content (AvgIpc) is 2.37. The smallest absolute Gasteiger partial charge is 0.398 e. The minimum Gasteiger partial charge on any atom is -0.398 e. The van der Waals surface area contributed by atoms with Crippen LogP contribution in [0.15, 0.2) is 42.5 Å². The summed E-state index contributed by atoms with van der Waals surface area (Å²) in [5.41, 5.74) is 5.23. The number of hydrogen-bond acceptors (Lipinski definition) is 2. The highest BCUT2D eigenvalue weighted by Crippen LogP contribution is 2.34. The van der Waals surface area contributed by atoms with Crippen LogP contribution < -0.4 is 11.1 Å². The molecule has 2 aromatic rings. The second-order valence-corrected chi connectivity index (χ2v) is 4.62. The third kappa shape index (κ3) is 3.53. The summed E-state index contributed by atoms with van der Waals surface area (Å²) in [7, 11) is 0. The number of aryl methyl sites for hydroxylation is 1. The zero-order valence-electron chi connectivity index (χ0n) is 11.2. The summed E-state index contributed by atoms with van der Waals surface area (Å²) in [4.78, 5) is 12.0. The molecule has 110 valence electrons. The molecule has 21 heavy (non-hydrogen) atoms. The van der Waals surface area contributed by atoms with Gasteiger partial charge in [0.25, 0.3) is 5.91 Å². The summed E-state index contributed by atoms with van der Waals surface area (Å²) in [6.07, 6.45) is -4.59. The standard InChI is InChI=1S/C15H13F3N2O/c1-9-3-2-4-11(7-9)20-14(21)10-5-6-13(19)12(8-10)15(16,17)18/h2-8H,19H2,1H3,(H,20,21). The number of nitrogens with one attached hydrogen (secondary N) is 1. The van der Waals surface area contributed by atoms with Crippen LogP contribution in [-0.4, -0.2) is 5.91 Å². The molecule has 0 unspecified atom stereocenters. The third-order valence-corrected chi connectivity index (χ3v) is 2.90. The maximum atomic E-state index is 12.8. The molecule has 3 N–H and O–H groups in total. The zero-order chi connectivity index (χ0) is 15.6. The van der Waals surface area contributed by atoms with Gasteiger partial charge in [0, 0.05) is 16.9 Å². The van der Waals surface area contributed by atoms with Crippen molar-refractivity contribution in [1.82, 2.24) is 0 Å². The van der Waals surface area contributed by atoms with Gasteiger partial charge in [-0.25, -0.2) is 0 Å². The first-order valence-corrected chi connectivity index (χ1v) is 6.12. The van der Waals surface area contributed by atoms with Gasteiger partial charge < -0.3 is 11.1 Å². The number of amides is 1. The Morgan fingerprint density at radius 2 is 1.86 bits per heavy atom. The highest BCUT2D eigenvalue weighted by Gasteiger charge is 2.33. The summed E-state index contributed by atoms with van der Waals surface area (Å²) >= 11 is 0. The van der Waals surface area contributed by atoms with Crippen molar-refractivity contribution < 1.29 is 18.0 Å². The Bertz CT molecular complexity index is 681. The van der Waals surface area contributed by atoms with Gasteiger partial charge in [-0.1, -0.05) is 12.1 Å². The molecule has 1 amide bonds. The maximum absolute atomic E-state index is 12.8. The van der Waals surface area contributed by atoms with Crippen LogP contribution in [0.25, 0.3) is 0 Å². The van der Waals surface area contributed by atoms with Crippen molar-refractivity contribution in [3.8, 4) is 0 Å². The predicted molar refractivity (Wildman–Crippen MR) is 75.0 cm³/mol. The zero-order valence-corrected chi connectivity index (χ0v) is 11.2. The Balaban J connectivity index is 2.28. The molecule has 0 aliphatic rings. The second kappa shape index (κ2) is 5.47. The number of anilines is 2. The molecule has 0 saturated heterocycles. The molecule has 0 heterocycles. The molecule has 0 saturated carbocycles. The molecule has 0 spiro atoms. The van der Waals surface area contributed by atoms with Gasteiger partial charge in [0.15, 0.2) is 0 Å². The number of carbonyl (C=O) groups excluding carboxylic acids is 1. The molecule has 2 rings (SSSR count). The van der Waals surface area contributed by atoms with E-state index in [-0.39, 0.29) is 5.56 Å². The SMILES string of the molecule is Cc1cccc(NC(=O)c2ccc(N)c(C(F)(F)F)c2)c1. The summed E-state index contributed by atoms with van der Waals surface area (Å²) in [5.74, 6) is -0.619. The number of rotatable bonds is 2. The third-order valence-electron chi connectivity index (χ3n) is 2.90. The topological polar surface area (TPSA) is 55.1 Å². The van der Waals surface area contributed by atoms with Crippen LogP contribution >= 0.6 is 0 Å². The molecule has 0 aromatic heterocycles. The molecule has 3 nitrogen and oxygen atoms in total. The molecule has 2 aromatic carbocycles. The molecular formula is C15H13F3N2O. The quantitative estimate of drug-likeness (QED) is 0.827. The van der Waals surface area contributed by atoms with Crippen LogP contribution in [0.3, 0.4) is 0 Å². The summed E-state index contributed by atoms with van der Waals surface area (Å²) in [6.45, 7) is 1.85. The summed E-state index contributed by atoms with van der Waals surface area (Å²) in [6, 6.07) is 10.1. The van der Waals surface area contributed by atoms with E-state index in [2.05, 4.69) is 5.32 Å². The Kier molecular flexibility index (Phi) is 3.88. The molecule has 0 aliphatic carbocycles. The summed E-state index contributed by atoms with van der Waals surface area (Å²) in [5, 5.41) is 2.55. The van der Waals surface area contributed by atoms with Crippen molar-refractivity contribution in [1.29, 1.82) is 0 Å². The van der Waals surface area contributed by atoms with E-state index in [1.807, 2.05) is 13.0 Å². The molecule has 0 radical (unpaired) electrons. The van der Waals surface area contributed by atoms with E-state index < -0.39 is 23.3 Å². The van der Waals surface area contributed by atoms with Crippen LogP contribution in [0.4, 0.5) is 24.5 Å². The van der Waals surface area contributed by atoms with Gasteiger partial charge in [-0.05, 0) is 42.8 Å². The van der Waals surface area contributed by atoms with Gasteiger partial charge in [-0.15, -0.1) is 0 Å². The van der Waals surface area contributed by atoms with Crippen molar-refractivity contribution in [2.24, 2.45) is 0 Å². The largest absolute Gasteiger partial charge is 0.418 e. The van der Waals surface area contributed by atoms with E-state index >= 15 is 0 Å². The van der Waals surface area contributed by atoms with Crippen LogP contribution in [0.2, 0.25) is 0 Å². The lowest BCUT2D eigenvalue weighted by Crippen LogP contribution is -2.15. The van der Waals surface area contributed by atoms with Crippen LogP contribution in [-0.2, 0) is 6.18 Å². The normalized spacial score (nSPS) is 11.2. The van der Waals surface area contributed by atoms with E-state index in [1.165, 1.54) is 6.07 Å². The number of hydrogen-bond donors (Lipinski definition) is 2. The molecular weight excluding hydrogens is 281 g/mol. The van der Waals surface area contributed by atoms with Crippen molar-refractivity contribution in [2.75, 3.05) is 11.1 Å². The highest BCUT2D eigenvalue weighted by molar-refractivity contribution is 6.04. The number of halogens is 3. The van der Waals surface area contributed by atoms with Crippen LogP contribution in [0.1, 0.15) is 21.5 Å². The number of nitrogens with two attached hydrogens (primary N) is 1. The van der Waals surface area contributed by atoms with Gasteiger partial charge in [-0.3, -0.25) is 4.79 Å². The Morgan fingerprint density at radius 3 is 2.48 bits per heavy atom. The number of alkyl halides is 3. The molecule has 0 bridgehead atoms. The van der Waals surface area contributed by atoms with E-state index in [0.29, 0.717) is 5.69 Å². The van der Waals surface area contributed by atoms with Gasteiger partial charge in [-0.2, -0.15) is 13.2 Å². The lowest BCUT2D eigenvalue weighted by atomic mass is 10.1. The minimum absolute atomic E-state index is 0.0990. The number of carbonyl (C=O) groups is 1. The average molecular weight is 294 g/mol. The van der Waals surface area contributed by atoms with Crippen molar-refractivity contribution in [3.63, 3.8) is 0 Å².